The van der Waals surface area contributed by atoms with Crippen molar-refractivity contribution in [3.8, 4) is 11.5 Å². The summed E-state index contributed by atoms with van der Waals surface area (Å²) in [4.78, 5) is 23.9. The van der Waals surface area contributed by atoms with Gasteiger partial charge in [-0.3, -0.25) is 4.79 Å². The Morgan fingerprint density at radius 2 is 1.93 bits per heavy atom. The Bertz CT molecular complexity index is 894. The third-order valence-electron chi connectivity index (χ3n) is 3.70. The summed E-state index contributed by atoms with van der Waals surface area (Å²) in [6.45, 7) is 3.34. The average molecular weight is 364 g/mol. The highest BCUT2D eigenvalue weighted by Crippen LogP contribution is 2.34. The van der Waals surface area contributed by atoms with Crippen LogP contribution < -0.4 is 9.47 Å². The molecule has 0 aliphatic carbocycles. The summed E-state index contributed by atoms with van der Waals surface area (Å²) in [6.07, 6.45) is 5.10. The van der Waals surface area contributed by atoms with E-state index in [4.69, 9.17) is 14.2 Å². The van der Waals surface area contributed by atoms with Crippen LogP contribution in [-0.2, 0) is 9.53 Å². The summed E-state index contributed by atoms with van der Waals surface area (Å²) in [6, 6.07) is 14.6. The second-order valence-corrected chi connectivity index (χ2v) is 6.22. The summed E-state index contributed by atoms with van der Waals surface area (Å²) in [5.74, 6) is 0.452. The molecule has 0 aromatic heterocycles. The minimum absolute atomic E-state index is 0.187. The molecule has 0 radical (unpaired) electrons. The average Bonchev–Trinajstić information content (AvgIpc) is 2.96. The Morgan fingerprint density at radius 1 is 1.15 bits per heavy atom. The Hall–Kier alpha value is -3.34. The van der Waals surface area contributed by atoms with Crippen LogP contribution in [0.4, 0.5) is 0 Å². The molecule has 0 atom stereocenters. The van der Waals surface area contributed by atoms with Gasteiger partial charge in [-0.2, -0.15) is 0 Å². The number of allylic oxidation sites excluding steroid dienone is 3. The molecule has 5 heteroatoms. The lowest BCUT2D eigenvalue weighted by atomic mass is 10.1. The van der Waals surface area contributed by atoms with E-state index >= 15 is 0 Å². The summed E-state index contributed by atoms with van der Waals surface area (Å²) in [5.41, 5.74) is 1.49. The second kappa shape index (κ2) is 8.36. The van der Waals surface area contributed by atoms with Crippen LogP contribution in [0, 0.1) is 0 Å². The molecule has 3 rings (SSSR count). The van der Waals surface area contributed by atoms with Crippen molar-refractivity contribution in [2.24, 2.45) is 0 Å². The van der Waals surface area contributed by atoms with Crippen molar-refractivity contribution in [3.63, 3.8) is 0 Å². The SMILES string of the molecule is CC(C)OC(=O)COc1ccc2c(c1)O/C(=C\C=C\c1ccccc1)C2=O. The molecule has 27 heavy (non-hydrogen) atoms. The van der Waals surface area contributed by atoms with Crippen LogP contribution in [0.2, 0.25) is 0 Å². The fourth-order valence-electron chi connectivity index (χ4n) is 2.52. The van der Waals surface area contributed by atoms with Crippen molar-refractivity contribution in [2.75, 3.05) is 6.61 Å². The molecule has 1 heterocycles. The Balaban J connectivity index is 1.65. The lowest BCUT2D eigenvalue weighted by Gasteiger charge is -2.09. The fraction of sp³-hybridized carbons (Fsp3) is 0.182. The molecule has 0 spiro atoms. The molecule has 1 aliphatic heterocycles. The summed E-state index contributed by atoms with van der Waals surface area (Å²) in [7, 11) is 0. The number of Topliss-reactive ketones (excluding diaryl/α,β-unsaturated/α-hetero) is 1. The van der Waals surface area contributed by atoms with E-state index in [9.17, 15) is 9.59 Å². The Morgan fingerprint density at radius 3 is 2.67 bits per heavy atom. The zero-order valence-corrected chi connectivity index (χ0v) is 15.2. The largest absolute Gasteiger partial charge is 0.482 e. The van der Waals surface area contributed by atoms with Gasteiger partial charge in [0, 0.05) is 6.07 Å². The molecule has 1 aliphatic rings. The van der Waals surface area contributed by atoms with Crippen molar-refractivity contribution in [3.05, 3.63) is 77.6 Å². The third kappa shape index (κ3) is 4.85. The van der Waals surface area contributed by atoms with Crippen molar-refractivity contribution in [1.29, 1.82) is 0 Å². The molecule has 0 amide bonds. The monoisotopic (exact) mass is 364 g/mol. The van der Waals surface area contributed by atoms with Crippen molar-refractivity contribution in [1.82, 2.24) is 0 Å². The molecule has 0 saturated heterocycles. The van der Waals surface area contributed by atoms with Gasteiger partial charge in [0.05, 0.1) is 11.7 Å². The van der Waals surface area contributed by atoms with E-state index in [-0.39, 0.29) is 24.3 Å². The van der Waals surface area contributed by atoms with Crippen LogP contribution in [0.5, 0.6) is 11.5 Å². The quantitative estimate of drug-likeness (QED) is 0.568. The predicted octanol–water partition coefficient (Wildman–Crippen LogP) is 4.19. The molecule has 2 aromatic rings. The summed E-state index contributed by atoms with van der Waals surface area (Å²) in [5, 5.41) is 0. The Labute approximate surface area is 157 Å². The first-order valence-electron chi connectivity index (χ1n) is 8.65. The standard InChI is InChI=1S/C22H20O5/c1-15(2)26-21(23)14-25-17-11-12-18-20(13-17)27-19(22(18)24)10-6-9-16-7-4-3-5-8-16/h3-13,15H,14H2,1-2H3/b9-6+,19-10-. The highest BCUT2D eigenvalue weighted by molar-refractivity contribution is 6.12. The first-order valence-corrected chi connectivity index (χ1v) is 8.65. The molecule has 5 nitrogen and oxygen atoms in total. The van der Waals surface area contributed by atoms with Gasteiger partial charge >= 0.3 is 5.97 Å². The van der Waals surface area contributed by atoms with Crippen molar-refractivity contribution < 1.29 is 23.8 Å². The highest BCUT2D eigenvalue weighted by atomic mass is 16.6. The zero-order valence-electron chi connectivity index (χ0n) is 15.2. The number of carbonyl (C=O) groups is 2. The maximum atomic E-state index is 12.4. The number of hydrogen-bond acceptors (Lipinski definition) is 5. The van der Waals surface area contributed by atoms with E-state index in [1.165, 1.54) is 0 Å². The van der Waals surface area contributed by atoms with Crippen LogP contribution in [0.1, 0.15) is 29.8 Å². The number of hydrogen-bond donors (Lipinski definition) is 0. The number of benzene rings is 2. The van der Waals surface area contributed by atoms with Gasteiger partial charge in [-0.25, -0.2) is 4.79 Å². The summed E-state index contributed by atoms with van der Waals surface area (Å²) < 4.78 is 16.1. The Kier molecular flexibility index (Phi) is 5.71. The predicted molar refractivity (Wildman–Crippen MR) is 102 cm³/mol. The van der Waals surface area contributed by atoms with Crippen LogP contribution in [0.3, 0.4) is 0 Å². The maximum Gasteiger partial charge on any atom is 0.344 e. The number of rotatable bonds is 6. The molecule has 0 N–H and O–H groups in total. The van der Waals surface area contributed by atoms with E-state index < -0.39 is 5.97 Å². The van der Waals surface area contributed by atoms with E-state index in [1.54, 1.807) is 44.2 Å². The second-order valence-electron chi connectivity index (χ2n) is 6.22. The molecule has 0 bridgehead atoms. The fourth-order valence-corrected chi connectivity index (χ4v) is 2.52. The molecule has 0 fully saturated rings. The van der Waals surface area contributed by atoms with E-state index in [2.05, 4.69) is 0 Å². The van der Waals surface area contributed by atoms with E-state index in [1.807, 2.05) is 36.4 Å². The van der Waals surface area contributed by atoms with Crippen LogP contribution in [0.15, 0.2) is 66.4 Å². The zero-order chi connectivity index (χ0) is 19.2. The van der Waals surface area contributed by atoms with Crippen molar-refractivity contribution in [2.45, 2.75) is 20.0 Å². The first kappa shape index (κ1) is 18.5. The topological polar surface area (TPSA) is 61.8 Å². The molecule has 138 valence electrons. The summed E-state index contributed by atoms with van der Waals surface area (Å²) >= 11 is 0. The van der Waals surface area contributed by atoms with Gasteiger partial charge in [-0.15, -0.1) is 0 Å². The van der Waals surface area contributed by atoms with Gasteiger partial charge in [0.25, 0.3) is 0 Å². The molecular weight excluding hydrogens is 344 g/mol. The van der Waals surface area contributed by atoms with Crippen LogP contribution in [0.25, 0.3) is 6.08 Å². The number of ketones is 1. The molecule has 0 saturated carbocycles. The third-order valence-corrected chi connectivity index (χ3v) is 3.70. The normalized spacial score (nSPS) is 14.5. The van der Waals surface area contributed by atoms with Crippen molar-refractivity contribution >= 4 is 17.8 Å². The molecule has 2 aromatic carbocycles. The van der Waals surface area contributed by atoms with Crippen LogP contribution >= 0.6 is 0 Å². The maximum absolute atomic E-state index is 12.4. The number of carbonyl (C=O) groups excluding carboxylic acids is 2. The van der Waals surface area contributed by atoms with E-state index in [0.29, 0.717) is 17.1 Å². The first-order chi connectivity index (χ1) is 13.0. The highest BCUT2D eigenvalue weighted by Gasteiger charge is 2.27. The van der Waals surface area contributed by atoms with Gasteiger partial charge in [-0.05, 0) is 37.6 Å². The smallest absolute Gasteiger partial charge is 0.344 e. The van der Waals surface area contributed by atoms with Gasteiger partial charge in [0.15, 0.2) is 12.4 Å². The number of esters is 1. The van der Waals surface area contributed by atoms with Gasteiger partial charge in [-0.1, -0.05) is 42.5 Å². The number of fused-ring (bicyclic) bond motifs is 1. The minimum Gasteiger partial charge on any atom is -0.482 e. The van der Waals surface area contributed by atoms with Gasteiger partial charge in [0.2, 0.25) is 5.78 Å². The van der Waals surface area contributed by atoms with E-state index in [0.717, 1.165) is 5.56 Å². The minimum atomic E-state index is -0.450. The van der Waals surface area contributed by atoms with Gasteiger partial charge < -0.3 is 14.2 Å². The molecular formula is C22H20O5. The van der Waals surface area contributed by atoms with Crippen LogP contribution in [-0.4, -0.2) is 24.5 Å². The molecule has 0 unspecified atom stereocenters. The lowest BCUT2D eigenvalue weighted by molar-refractivity contribution is -0.149. The lowest BCUT2D eigenvalue weighted by Crippen LogP contribution is -2.18. The number of ether oxygens (including phenoxy) is 3. The van der Waals surface area contributed by atoms with Gasteiger partial charge in [0.1, 0.15) is 11.5 Å².